The van der Waals surface area contributed by atoms with Crippen LogP contribution in [0.2, 0.25) is 0 Å². The first-order chi connectivity index (χ1) is 6.62. The Labute approximate surface area is 84.8 Å². The number of rotatable bonds is 1. The molecule has 1 saturated carbocycles. The Kier molecular flexibility index (Phi) is 2.27. The first kappa shape index (κ1) is 9.59. The van der Waals surface area contributed by atoms with E-state index in [0.717, 1.165) is 29.9 Å². The van der Waals surface area contributed by atoms with Gasteiger partial charge in [0.15, 0.2) is 0 Å². The molecule has 0 atom stereocenters. The molecular weight excluding hydrogens is 174 g/mol. The van der Waals surface area contributed by atoms with Gasteiger partial charge in [0.2, 0.25) is 0 Å². The molecule has 1 fully saturated rings. The maximum atomic E-state index is 6.27. The summed E-state index contributed by atoms with van der Waals surface area (Å²) in [7, 11) is 0. The van der Waals surface area contributed by atoms with Crippen molar-refractivity contribution in [3.63, 3.8) is 0 Å². The molecule has 0 spiro atoms. The predicted molar refractivity (Wildman–Crippen MR) is 55.8 cm³/mol. The number of hydrogen-bond acceptors (Lipinski definition) is 3. The maximum absolute atomic E-state index is 6.27. The highest BCUT2D eigenvalue weighted by Crippen LogP contribution is 2.34. The third-order valence-electron chi connectivity index (χ3n) is 3.17. The van der Waals surface area contributed by atoms with Crippen molar-refractivity contribution < 1.29 is 0 Å². The van der Waals surface area contributed by atoms with Crippen molar-refractivity contribution in [2.75, 3.05) is 0 Å². The molecule has 0 aliphatic heterocycles. The van der Waals surface area contributed by atoms with E-state index in [-0.39, 0.29) is 5.54 Å². The minimum absolute atomic E-state index is 0.252. The van der Waals surface area contributed by atoms with E-state index < -0.39 is 0 Å². The van der Waals surface area contributed by atoms with Crippen LogP contribution in [0.4, 0.5) is 0 Å². The molecule has 1 aromatic heterocycles. The Morgan fingerprint density at radius 2 is 1.93 bits per heavy atom. The van der Waals surface area contributed by atoms with Crippen molar-refractivity contribution in [3.05, 3.63) is 23.3 Å². The fraction of sp³-hybridized carbons (Fsp3) is 0.636. The molecule has 0 saturated heterocycles. The Morgan fingerprint density at radius 3 is 2.50 bits per heavy atom. The van der Waals surface area contributed by atoms with Crippen LogP contribution in [0.3, 0.4) is 0 Å². The van der Waals surface area contributed by atoms with Crippen LogP contribution >= 0.6 is 0 Å². The molecule has 76 valence electrons. The summed E-state index contributed by atoms with van der Waals surface area (Å²) in [6, 6.07) is 0. The van der Waals surface area contributed by atoms with Gasteiger partial charge in [-0.2, -0.15) is 0 Å². The summed E-state index contributed by atoms with van der Waals surface area (Å²) >= 11 is 0. The highest BCUT2D eigenvalue weighted by atomic mass is 15.0. The number of hydrogen-bond donors (Lipinski definition) is 1. The smallest absolute Gasteiger partial charge is 0.148 e. The van der Waals surface area contributed by atoms with Crippen LogP contribution in [0.15, 0.2) is 6.20 Å². The highest BCUT2D eigenvalue weighted by Gasteiger charge is 2.34. The number of aryl methyl sites for hydroxylation is 2. The van der Waals surface area contributed by atoms with Crippen LogP contribution in [0.1, 0.15) is 42.8 Å². The number of nitrogens with zero attached hydrogens (tertiary/aromatic N) is 2. The van der Waals surface area contributed by atoms with E-state index in [4.69, 9.17) is 5.73 Å². The maximum Gasteiger partial charge on any atom is 0.148 e. The Morgan fingerprint density at radius 1 is 1.29 bits per heavy atom. The van der Waals surface area contributed by atoms with Gasteiger partial charge >= 0.3 is 0 Å². The summed E-state index contributed by atoms with van der Waals surface area (Å²) in [5.74, 6) is 0.832. The van der Waals surface area contributed by atoms with Gasteiger partial charge in [-0.15, -0.1) is 0 Å². The Balaban J connectivity index is 2.36. The third-order valence-corrected chi connectivity index (χ3v) is 3.17. The summed E-state index contributed by atoms with van der Waals surface area (Å²) < 4.78 is 0. The van der Waals surface area contributed by atoms with Crippen molar-refractivity contribution in [2.24, 2.45) is 5.73 Å². The molecule has 14 heavy (non-hydrogen) atoms. The zero-order valence-corrected chi connectivity index (χ0v) is 8.88. The molecule has 0 unspecified atom stereocenters. The molecule has 1 aromatic rings. The normalized spacial score (nSPS) is 19.9. The molecule has 0 bridgehead atoms. The van der Waals surface area contributed by atoms with Gasteiger partial charge in [-0.1, -0.05) is 12.8 Å². The molecule has 3 nitrogen and oxygen atoms in total. The Bertz CT molecular complexity index is 340. The second-order valence-electron chi connectivity index (χ2n) is 4.33. The highest BCUT2D eigenvalue weighted by molar-refractivity contribution is 5.17. The van der Waals surface area contributed by atoms with Gasteiger partial charge in [0.05, 0.1) is 5.54 Å². The summed E-state index contributed by atoms with van der Waals surface area (Å²) in [4.78, 5) is 8.85. The van der Waals surface area contributed by atoms with Crippen LogP contribution in [0.5, 0.6) is 0 Å². The predicted octanol–water partition coefficient (Wildman–Crippen LogP) is 1.82. The number of nitrogens with two attached hydrogens (primary N) is 1. The molecule has 1 heterocycles. The van der Waals surface area contributed by atoms with Crippen LogP contribution in [-0.2, 0) is 5.54 Å². The summed E-state index contributed by atoms with van der Waals surface area (Å²) in [6.07, 6.45) is 6.33. The first-order valence-electron chi connectivity index (χ1n) is 5.21. The molecule has 0 amide bonds. The Hall–Kier alpha value is -0.960. The lowest BCUT2D eigenvalue weighted by atomic mass is 9.98. The van der Waals surface area contributed by atoms with E-state index in [9.17, 15) is 0 Å². The average molecular weight is 191 g/mol. The largest absolute Gasteiger partial charge is 0.319 e. The minimum atomic E-state index is -0.252. The zero-order valence-electron chi connectivity index (χ0n) is 8.88. The monoisotopic (exact) mass is 191 g/mol. The minimum Gasteiger partial charge on any atom is -0.319 e. The fourth-order valence-corrected chi connectivity index (χ4v) is 2.00. The van der Waals surface area contributed by atoms with Gasteiger partial charge < -0.3 is 5.73 Å². The van der Waals surface area contributed by atoms with Crippen molar-refractivity contribution in [2.45, 2.75) is 45.1 Å². The van der Waals surface area contributed by atoms with Crippen LogP contribution in [0.25, 0.3) is 0 Å². The molecule has 0 radical (unpaired) electrons. The molecule has 2 rings (SSSR count). The SMILES string of the molecule is Cc1cnc(C2(N)CCCC2)nc1C. The lowest BCUT2D eigenvalue weighted by molar-refractivity contribution is 0.429. The van der Waals surface area contributed by atoms with Crippen LogP contribution < -0.4 is 5.73 Å². The lowest BCUT2D eigenvalue weighted by Gasteiger charge is -2.21. The molecule has 3 heteroatoms. The standard InChI is InChI=1S/C11H17N3/c1-8-7-13-10(14-9(8)2)11(12)5-3-4-6-11/h7H,3-6,12H2,1-2H3. The van der Waals surface area contributed by atoms with Crippen LogP contribution in [0, 0.1) is 13.8 Å². The second kappa shape index (κ2) is 3.31. The average Bonchev–Trinajstić information content (AvgIpc) is 2.58. The second-order valence-corrected chi connectivity index (χ2v) is 4.33. The molecule has 1 aliphatic carbocycles. The van der Waals surface area contributed by atoms with E-state index >= 15 is 0 Å². The molecule has 2 N–H and O–H groups in total. The third kappa shape index (κ3) is 1.52. The van der Waals surface area contributed by atoms with Crippen molar-refractivity contribution in [1.82, 2.24) is 9.97 Å². The van der Waals surface area contributed by atoms with E-state index in [1.54, 1.807) is 0 Å². The van der Waals surface area contributed by atoms with Crippen molar-refractivity contribution in [1.29, 1.82) is 0 Å². The first-order valence-corrected chi connectivity index (χ1v) is 5.21. The van der Waals surface area contributed by atoms with E-state index in [2.05, 4.69) is 9.97 Å². The van der Waals surface area contributed by atoms with E-state index in [1.807, 2.05) is 20.0 Å². The van der Waals surface area contributed by atoms with Crippen molar-refractivity contribution >= 4 is 0 Å². The van der Waals surface area contributed by atoms with Crippen molar-refractivity contribution in [3.8, 4) is 0 Å². The van der Waals surface area contributed by atoms with E-state index in [1.165, 1.54) is 12.8 Å². The van der Waals surface area contributed by atoms with Gasteiger partial charge in [-0.25, -0.2) is 9.97 Å². The topological polar surface area (TPSA) is 51.8 Å². The molecule has 0 aromatic carbocycles. The summed E-state index contributed by atoms with van der Waals surface area (Å²) in [5.41, 5.74) is 8.21. The van der Waals surface area contributed by atoms with Gasteiger partial charge in [0.1, 0.15) is 5.82 Å². The summed E-state index contributed by atoms with van der Waals surface area (Å²) in [5, 5.41) is 0. The zero-order chi connectivity index (χ0) is 10.2. The van der Waals surface area contributed by atoms with E-state index in [0.29, 0.717) is 0 Å². The molecule has 1 aliphatic rings. The summed E-state index contributed by atoms with van der Waals surface area (Å²) in [6.45, 7) is 4.04. The quantitative estimate of drug-likeness (QED) is 0.736. The van der Waals surface area contributed by atoms with Gasteiger partial charge in [0, 0.05) is 11.9 Å². The fourth-order valence-electron chi connectivity index (χ4n) is 2.00. The molecular formula is C11H17N3. The number of aromatic nitrogens is 2. The van der Waals surface area contributed by atoms with Crippen LogP contribution in [-0.4, -0.2) is 9.97 Å². The van der Waals surface area contributed by atoms with Gasteiger partial charge in [-0.05, 0) is 32.3 Å². The lowest BCUT2D eigenvalue weighted by Crippen LogP contribution is -2.35. The van der Waals surface area contributed by atoms with Gasteiger partial charge in [-0.3, -0.25) is 0 Å². The van der Waals surface area contributed by atoms with Gasteiger partial charge in [0.25, 0.3) is 0 Å².